The third kappa shape index (κ3) is 4.71. The lowest BCUT2D eigenvalue weighted by Crippen LogP contribution is -2.25. The zero-order chi connectivity index (χ0) is 22.5. The van der Waals surface area contributed by atoms with Crippen LogP contribution in [0.2, 0.25) is 0 Å². The van der Waals surface area contributed by atoms with Crippen molar-refractivity contribution in [1.29, 1.82) is 0 Å². The Morgan fingerprint density at radius 1 is 1.03 bits per heavy atom. The standard InChI is InChI=1S/C26H23NO5/c1-31-23-13-2-18(3-14-23)4-15-25(29)21-7-5-19(6-8-21)20-9-11-22(12-10-20)27-16-24(17-28)32-26(27)30/h2-15,24,28H,16-17H2,1H3/b15-4+/t24-/m1/s1. The van der Waals surface area contributed by atoms with Gasteiger partial charge in [0, 0.05) is 11.3 Å². The number of ketones is 1. The number of amides is 1. The number of carbonyl (C=O) groups excluding carboxylic acids is 2. The van der Waals surface area contributed by atoms with Crippen LogP contribution in [0.25, 0.3) is 17.2 Å². The zero-order valence-corrected chi connectivity index (χ0v) is 17.6. The lowest BCUT2D eigenvalue weighted by Gasteiger charge is -2.13. The van der Waals surface area contributed by atoms with Crippen LogP contribution < -0.4 is 9.64 Å². The molecule has 0 radical (unpaired) electrons. The van der Waals surface area contributed by atoms with Gasteiger partial charge in [-0.15, -0.1) is 0 Å². The molecule has 6 heteroatoms. The van der Waals surface area contributed by atoms with Crippen molar-refractivity contribution in [1.82, 2.24) is 0 Å². The van der Waals surface area contributed by atoms with Gasteiger partial charge in [-0.3, -0.25) is 9.69 Å². The maximum atomic E-state index is 12.5. The quantitative estimate of drug-likeness (QED) is 0.440. The molecule has 0 aliphatic carbocycles. The highest BCUT2D eigenvalue weighted by Gasteiger charge is 2.31. The predicted octanol–water partition coefficient (Wildman–Crippen LogP) is 4.58. The number of hydrogen-bond acceptors (Lipinski definition) is 5. The molecule has 0 spiro atoms. The van der Waals surface area contributed by atoms with E-state index in [0.29, 0.717) is 17.8 Å². The normalized spacial score (nSPS) is 15.8. The van der Waals surface area contributed by atoms with Gasteiger partial charge in [0.05, 0.1) is 20.3 Å². The Labute approximate surface area is 186 Å². The topological polar surface area (TPSA) is 76.1 Å². The fraction of sp³-hybridized carbons (Fsp3) is 0.154. The minimum atomic E-state index is -0.494. The Bertz CT molecular complexity index is 1120. The highest BCUT2D eigenvalue weighted by molar-refractivity contribution is 6.07. The van der Waals surface area contributed by atoms with Gasteiger partial charge in [-0.05, 0) is 47.0 Å². The van der Waals surface area contributed by atoms with Crippen LogP contribution in [0.5, 0.6) is 5.75 Å². The number of aliphatic hydroxyl groups excluding tert-OH is 1. The lowest BCUT2D eigenvalue weighted by molar-refractivity contribution is 0.0963. The van der Waals surface area contributed by atoms with E-state index in [1.165, 1.54) is 4.90 Å². The fourth-order valence-corrected chi connectivity index (χ4v) is 3.47. The molecule has 6 nitrogen and oxygen atoms in total. The summed E-state index contributed by atoms with van der Waals surface area (Å²) in [5.74, 6) is 0.695. The minimum Gasteiger partial charge on any atom is -0.497 e. The van der Waals surface area contributed by atoms with Crippen molar-refractivity contribution in [2.75, 3.05) is 25.2 Å². The first-order chi connectivity index (χ1) is 15.6. The van der Waals surface area contributed by atoms with E-state index >= 15 is 0 Å². The van der Waals surface area contributed by atoms with Crippen molar-refractivity contribution in [2.45, 2.75) is 6.10 Å². The van der Waals surface area contributed by atoms with Gasteiger partial charge in [0.1, 0.15) is 11.9 Å². The van der Waals surface area contributed by atoms with Gasteiger partial charge < -0.3 is 14.6 Å². The summed E-state index contributed by atoms with van der Waals surface area (Å²) in [4.78, 5) is 25.9. The average molecular weight is 429 g/mol. The zero-order valence-electron chi connectivity index (χ0n) is 17.6. The van der Waals surface area contributed by atoms with Gasteiger partial charge >= 0.3 is 6.09 Å². The lowest BCUT2D eigenvalue weighted by atomic mass is 10.0. The van der Waals surface area contributed by atoms with Crippen molar-refractivity contribution in [3.8, 4) is 16.9 Å². The molecule has 3 aromatic rings. The molecule has 1 saturated heterocycles. The monoisotopic (exact) mass is 429 g/mol. The minimum absolute atomic E-state index is 0.0753. The van der Waals surface area contributed by atoms with E-state index in [0.717, 1.165) is 22.4 Å². The maximum Gasteiger partial charge on any atom is 0.414 e. The highest BCUT2D eigenvalue weighted by Crippen LogP contribution is 2.26. The highest BCUT2D eigenvalue weighted by atomic mass is 16.6. The largest absolute Gasteiger partial charge is 0.497 e. The molecular formula is C26H23NO5. The fourth-order valence-electron chi connectivity index (χ4n) is 3.47. The molecule has 1 fully saturated rings. The molecule has 1 aliphatic heterocycles. The van der Waals surface area contributed by atoms with Crippen LogP contribution in [0.4, 0.5) is 10.5 Å². The molecule has 0 unspecified atom stereocenters. The summed E-state index contributed by atoms with van der Waals surface area (Å²) in [6.45, 7) is 0.135. The molecule has 4 rings (SSSR count). The van der Waals surface area contributed by atoms with Crippen LogP contribution in [0.1, 0.15) is 15.9 Å². The van der Waals surface area contributed by atoms with Crippen molar-refractivity contribution in [3.05, 3.63) is 90.0 Å². The molecule has 1 N–H and O–H groups in total. The third-order valence-electron chi connectivity index (χ3n) is 5.30. The van der Waals surface area contributed by atoms with E-state index in [1.807, 2.05) is 60.7 Å². The second-order valence-electron chi connectivity index (χ2n) is 7.39. The van der Waals surface area contributed by atoms with Crippen molar-refractivity contribution in [3.63, 3.8) is 0 Å². The number of rotatable bonds is 7. The third-order valence-corrected chi connectivity index (χ3v) is 5.30. The second-order valence-corrected chi connectivity index (χ2v) is 7.39. The van der Waals surface area contributed by atoms with Crippen LogP contribution in [0.15, 0.2) is 78.9 Å². The second kappa shape index (κ2) is 9.49. The van der Waals surface area contributed by atoms with Crippen LogP contribution in [0, 0.1) is 0 Å². The molecule has 1 atom stereocenters. The summed E-state index contributed by atoms with van der Waals surface area (Å²) in [7, 11) is 1.61. The van der Waals surface area contributed by atoms with Gasteiger partial charge in [-0.1, -0.05) is 54.6 Å². The number of hydrogen-bond donors (Lipinski definition) is 1. The molecule has 162 valence electrons. The number of benzene rings is 3. The summed E-state index contributed by atoms with van der Waals surface area (Å²) in [5, 5.41) is 9.18. The number of ether oxygens (including phenoxy) is 2. The number of nitrogens with zero attached hydrogens (tertiary/aromatic N) is 1. The number of allylic oxidation sites excluding steroid dienone is 1. The molecule has 32 heavy (non-hydrogen) atoms. The van der Waals surface area contributed by atoms with Gasteiger partial charge in [0.2, 0.25) is 0 Å². The molecule has 1 aliphatic rings. The maximum absolute atomic E-state index is 12.5. The molecule has 0 aromatic heterocycles. The molecule has 1 amide bonds. The van der Waals surface area contributed by atoms with Crippen molar-refractivity contribution in [2.24, 2.45) is 0 Å². The molecular weight excluding hydrogens is 406 g/mol. The first kappa shape index (κ1) is 21.3. The van der Waals surface area contributed by atoms with E-state index in [4.69, 9.17) is 9.47 Å². The van der Waals surface area contributed by atoms with E-state index in [1.54, 1.807) is 31.4 Å². The van der Waals surface area contributed by atoms with E-state index in [-0.39, 0.29) is 12.4 Å². The number of methoxy groups -OCH3 is 1. The van der Waals surface area contributed by atoms with Gasteiger partial charge in [0.25, 0.3) is 0 Å². The summed E-state index contributed by atoms with van der Waals surface area (Å²) >= 11 is 0. The van der Waals surface area contributed by atoms with E-state index < -0.39 is 12.2 Å². The van der Waals surface area contributed by atoms with E-state index in [2.05, 4.69) is 0 Å². The number of aliphatic hydroxyl groups is 1. The van der Waals surface area contributed by atoms with Crippen LogP contribution in [-0.2, 0) is 4.74 Å². The van der Waals surface area contributed by atoms with Crippen LogP contribution in [-0.4, -0.2) is 43.3 Å². The Morgan fingerprint density at radius 2 is 1.66 bits per heavy atom. The summed E-state index contributed by atoms with van der Waals surface area (Å²) in [6, 6.07) is 22.4. The first-order valence-corrected chi connectivity index (χ1v) is 10.2. The average Bonchev–Trinajstić information content (AvgIpc) is 3.23. The van der Waals surface area contributed by atoms with Crippen molar-refractivity contribution >= 4 is 23.6 Å². The summed E-state index contributed by atoms with van der Waals surface area (Å²) in [5.41, 5.74) is 4.16. The van der Waals surface area contributed by atoms with Gasteiger partial charge in [-0.25, -0.2) is 4.79 Å². The molecule has 3 aromatic carbocycles. The number of anilines is 1. The van der Waals surface area contributed by atoms with Gasteiger partial charge in [-0.2, -0.15) is 0 Å². The summed E-state index contributed by atoms with van der Waals surface area (Å²) < 4.78 is 10.2. The smallest absolute Gasteiger partial charge is 0.414 e. The Morgan fingerprint density at radius 3 is 2.22 bits per heavy atom. The molecule has 0 bridgehead atoms. The Hall–Kier alpha value is -3.90. The van der Waals surface area contributed by atoms with Crippen LogP contribution >= 0.6 is 0 Å². The summed E-state index contributed by atoms with van der Waals surface area (Å²) in [6.07, 6.45) is 2.38. The molecule has 0 saturated carbocycles. The van der Waals surface area contributed by atoms with Gasteiger partial charge in [0.15, 0.2) is 5.78 Å². The SMILES string of the molecule is COc1ccc(/C=C/C(=O)c2ccc(-c3ccc(N4C[C@H](CO)OC4=O)cc3)cc2)cc1. The number of carbonyl (C=O) groups is 2. The molecule has 1 heterocycles. The Balaban J connectivity index is 1.42. The Kier molecular flexibility index (Phi) is 6.33. The van der Waals surface area contributed by atoms with Crippen LogP contribution in [0.3, 0.4) is 0 Å². The number of cyclic esters (lactones) is 1. The first-order valence-electron chi connectivity index (χ1n) is 10.2. The predicted molar refractivity (Wildman–Crippen MR) is 123 cm³/mol. The van der Waals surface area contributed by atoms with Crippen molar-refractivity contribution < 1.29 is 24.2 Å². The van der Waals surface area contributed by atoms with E-state index in [9.17, 15) is 14.7 Å².